The van der Waals surface area contributed by atoms with Crippen LogP contribution in [0.25, 0.3) is 5.57 Å². The van der Waals surface area contributed by atoms with Crippen LogP contribution < -0.4 is 15.5 Å². The minimum atomic E-state index is -0.412. The molecule has 4 rings (SSSR count). The molecule has 0 atom stereocenters. The van der Waals surface area contributed by atoms with Crippen molar-refractivity contribution >= 4 is 40.4 Å². The third-order valence-corrected chi connectivity index (χ3v) is 5.61. The van der Waals surface area contributed by atoms with Gasteiger partial charge in [0, 0.05) is 18.3 Å². The number of nitrogens with one attached hydrogen (secondary N) is 2. The number of amides is 3. The van der Waals surface area contributed by atoms with Gasteiger partial charge in [0.25, 0.3) is 11.8 Å². The van der Waals surface area contributed by atoms with Crippen LogP contribution in [0.3, 0.4) is 0 Å². The molecule has 0 unspecified atom stereocenters. The van der Waals surface area contributed by atoms with Gasteiger partial charge < -0.3 is 10.6 Å². The van der Waals surface area contributed by atoms with Crippen molar-refractivity contribution in [1.29, 1.82) is 0 Å². The maximum Gasteiger partial charge on any atom is 0.282 e. The zero-order chi connectivity index (χ0) is 23.7. The maximum atomic E-state index is 13.5. The monoisotopic (exact) mass is 439 g/mol. The normalized spacial score (nSPS) is 13.5. The van der Waals surface area contributed by atoms with Crippen LogP contribution in [-0.4, -0.2) is 17.7 Å². The average molecular weight is 440 g/mol. The first-order valence-corrected chi connectivity index (χ1v) is 10.7. The van der Waals surface area contributed by atoms with E-state index in [1.807, 2.05) is 57.2 Å². The van der Waals surface area contributed by atoms with Gasteiger partial charge in [-0.2, -0.15) is 0 Å². The van der Waals surface area contributed by atoms with Crippen molar-refractivity contribution in [2.75, 3.05) is 15.5 Å². The molecule has 0 bridgehead atoms. The molecule has 0 saturated heterocycles. The molecule has 1 aliphatic heterocycles. The maximum absolute atomic E-state index is 13.5. The number of hydrogen-bond acceptors (Lipinski definition) is 4. The third kappa shape index (κ3) is 4.41. The Labute approximate surface area is 192 Å². The van der Waals surface area contributed by atoms with Crippen molar-refractivity contribution in [3.63, 3.8) is 0 Å². The van der Waals surface area contributed by atoms with Gasteiger partial charge in [0.05, 0.1) is 11.3 Å². The quantitative estimate of drug-likeness (QED) is 0.551. The minimum Gasteiger partial charge on any atom is -0.350 e. The number of nitrogens with zero attached hydrogens (tertiary/aromatic N) is 1. The van der Waals surface area contributed by atoms with Crippen LogP contribution in [0.2, 0.25) is 0 Å². The summed E-state index contributed by atoms with van der Waals surface area (Å²) < 4.78 is 0. The van der Waals surface area contributed by atoms with Crippen molar-refractivity contribution in [3.05, 3.63) is 94.7 Å². The Bertz CT molecular complexity index is 1310. The van der Waals surface area contributed by atoms with Crippen LogP contribution in [0.4, 0.5) is 17.1 Å². The van der Waals surface area contributed by atoms with E-state index in [1.54, 1.807) is 30.3 Å². The highest BCUT2D eigenvalue weighted by Crippen LogP contribution is 2.34. The number of rotatable bonds is 5. The molecule has 2 N–H and O–H groups in total. The summed E-state index contributed by atoms with van der Waals surface area (Å²) in [5.74, 6) is -0.995. The number of benzene rings is 3. The molecule has 0 aliphatic carbocycles. The van der Waals surface area contributed by atoms with Crippen molar-refractivity contribution in [3.8, 4) is 0 Å². The second kappa shape index (κ2) is 8.74. The van der Waals surface area contributed by atoms with E-state index in [0.717, 1.165) is 22.4 Å². The summed E-state index contributed by atoms with van der Waals surface area (Å²) in [7, 11) is 0. The van der Waals surface area contributed by atoms with Gasteiger partial charge in [-0.25, -0.2) is 4.90 Å². The summed E-state index contributed by atoms with van der Waals surface area (Å²) in [6.07, 6.45) is 0. The molecule has 1 aliphatic rings. The molecule has 0 spiro atoms. The first-order valence-electron chi connectivity index (χ1n) is 10.7. The predicted molar refractivity (Wildman–Crippen MR) is 131 cm³/mol. The summed E-state index contributed by atoms with van der Waals surface area (Å²) >= 11 is 0. The van der Waals surface area contributed by atoms with Gasteiger partial charge in [0.1, 0.15) is 5.70 Å². The molecular formula is C27H25N3O3. The molecule has 3 aromatic rings. The first-order chi connectivity index (χ1) is 15.7. The highest BCUT2D eigenvalue weighted by molar-refractivity contribution is 6.46. The SMILES string of the molecule is CC(=O)Nc1ccc(C2=C(Nc3ccc(C)c(C)c3)C(=O)N(c3cccc(C)c3)C2=O)cc1. The van der Waals surface area contributed by atoms with E-state index in [-0.39, 0.29) is 17.2 Å². The second-order valence-electron chi connectivity index (χ2n) is 8.22. The van der Waals surface area contributed by atoms with Gasteiger partial charge in [-0.05, 0) is 79.4 Å². The van der Waals surface area contributed by atoms with Crippen molar-refractivity contribution in [2.45, 2.75) is 27.7 Å². The summed E-state index contributed by atoms with van der Waals surface area (Å²) in [5.41, 5.74) is 6.12. The zero-order valence-electron chi connectivity index (χ0n) is 19.0. The standard InChI is InChI=1S/C27H25N3O3/c1-16-6-5-7-23(14-16)30-26(32)24(20-9-12-21(13-10-20)28-19(4)31)25(27(30)33)29-22-11-8-17(2)18(3)15-22/h5-15,29H,1-4H3,(H,28,31). The molecule has 0 fully saturated rings. The van der Waals surface area contributed by atoms with Gasteiger partial charge in [0.2, 0.25) is 5.91 Å². The van der Waals surface area contributed by atoms with Crippen molar-refractivity contribution in [1.82, 2.24) is 0 Å². The fraction of sp³-hybridized carbons (Fsp3) is 0.148. The van der Waals surface area contributed by atoms with E-state index in [1.165, 1.54) is 11.8 Å². The number of imide groups is 1. The third-order valence-electron chi connectivity index (χ3n) is 5.61. The Kier molecular flexibility index (Phi) is 5.84. The first kappa shape index (κ1) is 22.0. The summed E-state index contributed by atoms with van der Waals surface area (Å²) in [6, 6.07) is 20.0. The lowest BCUT2D eigenvalue weighted by Crippen LogP contribution is -2.32. The lowest BCUT2D eigenvalue weighted by Gasteiger charge is -2.16. The fourth-order valence-corrected chi connectivity index (χ4v) is 3.80. The molecule has 0 aromatic heterocycles. The molecule has 6 heteroatoms. The van der Waals surface area contributed by atoms with E-state index >= 15 is 0 Å². The van der Waals surface area contributed by atoms with E-state index in [0.29, 0.717) is 16.9 Å². The van der Waals surface area contributed by atoms with Crippen LogP contribution in [0, 0.1) is 20.8 Å². The molecule has 0 saturated carbocycles. The van der Waals surface area contributed by atoms with Gasteiger partial charge in [0.15, 0.2) is 0 Å². The molecule has 33 heavy (non-hydrogen) atoms. The Morgan fingerprint density at radius 3 is 2.12 bits per heavy atom. The zero-order valence-corrected chi connectivity index (χ0v) is 19.0. The Morgan fingerprint density at radius 1 is 0.788 bits per heavy atom. The lowest BCUT2D eigenvalue weighted by atomic mass is 10.0. The Hall–Kier alpha value is -4.19. The smallest absolute Gasteiger partial charge is 0.282 e. The second-order valence-corrected chi connectivity index (χ2v) is 8.22. The summed E-state index contributed by atoms with van der Waals surface area (Å²) in [5, 5.41) is 5.91. The van der Waals surface area contributed by atoms with Gasteiger partial charge in [-0.3, -0.25) is 14.4 Å². The van der Waals surface area contributed by atoms with Crippen LogP contribution in [0.15, 0.2) is 72.4 Å². The van der Waals surface area contributed by atoms with Crippen LogP contribution in [-0.2, 0) is 14.4 Å². The van der Waals surface area contributed by atoms with Crippen LogP contribution in [0.1, 0.15) is 29.2 Å². The number of aryl methyl sites for hydroxylation is 3. The van der Waals surface area contributed by atoms with E-state index in [9.17, 15) is 14.4 Å². The highest BCUT2D eigenvalue weighted by atomic mass is 16.2. The van der Waals surface area contributed by atoms with Gasteiger partial charge in [-0.15, -0.1) is 0 Å². The summed E-state index contributed by atoms with van der Waals surface area (Å²) in [6.45, 7) is 7.36. The van der Waals surface area contributed by atoms with Crippen LogP contribution in [0.5, 0.6) is 0 Å². The predicted octanol–water partition coefficient (Wildman–Crippen LogP) is 4.97. The number of carbonyl (C=O) groups is 3. The van der Waals surface area contributed by atoms with E-state index in [4.69, 9.17) is 0 Å². The molecule has 3 aromatic carbocycles. The number of carbonyl (C=O) groups excluding carboxylic acids is 3. The number of anilines is 3. The largest absolute Gasteiger partial charge is 0.350 e. The van der Waals surface area contributed by atoms with Crippen molar-refractivity contribution < 1.29 is 14.4 Å². The Balaban J connectivity index is 1.80. The summed E-state index contributed by atoms with van der Waals surface area (Å²) in [4.78, 5) is 39.6. The molecule has 0 radical (unpaired) electrons. The van der Waals surface area contributed by atoms with E-state index in [2.05, 4.69) is 10.6 Å². The lowest BCUT2D eigenvalue weighted by molar-refractivity contribution is -0.120. The van der Waals surface area contributed by atoms with E-state index < -0.39 is 11.8 Å². The molecule has 166 valence electrons. The average Bonchev–Trinajstić information content (AvgIpc) is 3.00. The molecule has 6 nitrogen and oxygen atoms in total. The molecular weight excluding hydrogens is 414 g/mol. The van der Waals surface area contributed by atoms with Gasteiger partial charge >= 0.3 is 0 Å². The molecule has 3 amide bonds. The number of hydrogen-bond donors (Lipinski definition) is 2. The van der Waals surface area contributed by atoms with Gasteiger partial charge in [-0.1, -0.05) is 30.3 Å². The van der Waals surface area contributed by atoms with Crippen LogP contribution >= 0.6 is 0 Å². The van der Waals surface area contributed by atoms with Crippen molar-refractivity contribution in [2.24, 2.45) is 0 Å². The minimum absolute atomic E-state index is 0.184. The topological polar surface area (TPSA) is 78.5 Å². The Morgan fingerprint density at radius 2 is 1.48 bits per heavy atom. The molecule has 1 heterocycles. The highest BCUT2D eigenvalue weighted by Gasteiger charge is 2.40. The fourth-order valence-electron chi connectivity index (χ4n) is 3.80.